The zero-order chi connectivity index (χ0) is 22.6. The van der Waals surface area contributed by atoms with Gasteiger partial charge in [-0.3, -0.25) is 9.59 Å². The van der Waals surface area contributed by atoms with Gasteiger partial charge in [0, 0.05) is 50.8 Å². The number of ether oxygens (including phenoxy) is 1. The largest absolute Gasteiger partial charge is 0.376 e. The van der Waals surface area contributed by atoms with E-state index in [9.17, 15) is 9.59 Å². The van der Waals surface area contributed by atoms with Crippen molar-refractivity contribution in [3.05, 3.63) is 42.5 Å². The fraction of sp³-hybridized carbons (Fsp3) is 0.520. The Kier molecular flexibility index (Phi) is 6.53. The zero-order valence-electron chi connectivity index (χ0n) is 18.9. The summed E-state index contributed by atoms with van der Waals surface area (Å²) in [5.41, 5.74) is 1.89. The molecule has 2 aromatic rings. The van der Waals surface area contributed by atoms with Crippen molar-refractivity contribution in [2.75, 3.05) is 50.8 Å². The van der Waals surface area contributed by atoms with Crippen LogP contribution in [0.1, 0.15) is 25.7 Å². The average molecular weight is 450 g/mol. The number of amides is 2. The van der Waals surface area contributed by atoms with Crippen molar-refractivity contribution < 1.29 is 14.3 Å². The second kappa shape index (κ2) is 9.87. The van der Waals surface area contributed by atoms with E-state index in [2.05, 4.69) is 15.1 Å². The standard InChI is InChI=1S/C25H31N5O3/c31-24(18-30(25(32)20-8-9-20)17-21-7-4-16-33-21)29-14-12-28(13-15-29)23-11-10-22(26-27-23)19-5-2-1-3-6-19/h1-3,5-6,10-11,20-21H,4,7-9,12-18H2/t21-/m0/s1. The van der Waals surface area contributed by atoms with E-state index in [0.29, 0.717) is 32.7 Å². The van der Waals surface area contributed by atoms with Crippen molar-refractivity contribution in [1.82, 2.24) is 20.0 Å². The van der Waals surface area contributed by atoms with Crippen LogP contribution in [0.5, 0.6) is 0 Å². The van der Waals surface area contributed by atoms with Crippen LogP contribution in [0.2, 0.25) is 0 Å². The lowest BCUT2D eigenvalue weighted by atomic mass is 10.1. The molecule has 3 heterocycles. The third kappa shape index (κ3) is 5.33. The van der Waals surface area contributed by atoms with Crippen molar-refractivity contribution in [2.24, 2.45) is 5.92 Å². The van der Waals surface area contributed by atoms with E-state index in [4.69, 9.17) is 4.74 Å². The Morgan fingerprint density at radius 3 is 2.39 bits per heavy atom. The molecule has 0 bridgehead atoms. The van der Waals surface area contributed by atoms with Gasteiger partial charge in [-0.15, -0.1) is 10.2 Å². The van der Waals surface area contributed by atoms with Crippen LogP contribution < -0.4 is 4.90 Å². The first-order chi connectivity index (χ1) is 16.2. The highest BCUT2D eigenvalue weighted by atomic mass is 16.5. The van der Waals surface area contributed by atoms with Gasteiger partial charge in [0.15, 0.2) is 5.82 Å². The van der Waals surface area contributed by atoms with Gasteiger partial charge in [0.05, 0.1) is 18.3 Å². The summed E-state index contributed by atoms with van der Waals surface area (Å²) in [6.45, 7) is 4.08. The monoisotopic (exact) mass is 449 g/mol. The number of rotatable bonds is 7. The van der Waals surface area contributed by atoms with Crippen LogP contribution in [-0.2, 0) is 14.3 Å². The zero-order valence-corrected chi connectivity index (χ0v) is 18.9. The highest BCUT2D eigenvalue weighted by Gasteiger charge is 2.36. The maximum Gasteiger partial charge on any atom is 0.242 e. The summed E-state index contributed by atoms with van der Waals surface area (Å²) in [4.78, 5) is 31.5. The topological polar surface area (TPSA) is 78.9 Å². The van der Waals surface area contributed by atoms with Gasteiger partial charge >= 0.3 is 0 Å². The lowest BCUT2D eigenvalue weighted by Crippen LogP contribution is -2.53. The highest BCUT2D eigenvalue weighted by Crippen LogP contribution is 2.31. The Morgan fingerprint density at radius 1 is 0.970 bits per heavy atom. The van der Waals surface area contributed by atoms with Crippen molar-refractivity contribution in [2.45, 2.75) is 31.8 Å². The van der Waals surface area contributed by atoms with Gasteiger partial charge in [0.25, 0.3) is 0 Å². The maximum atomic E-state index is 13.0. The molecule has 8 heteroatoms. The number of piperazine rings is 1. The molecule has 0 unspecified atom stereocenters. The number of carbonyl (C=O) groups is 2. The van der Waals surface area contributed by atoms with Crippen LogP contribution in [0, 0.1) is 5.92 Å². The molecular weight excluding hydrogens is 418 g/mol. The first kappa shape index (κ1) is 21.8. The van der Waals surface area contributed by atoms with Gasteiger partial charge in [-0.1, -0.05) is 30.3 Å². The fourth-order valence-corrected chi connectivity index (χ4v) is 4.56. The first-order valence-corrected chi connectivity index (χ1v) is 12.0. The Balaban J connectivity index is 1.15. The molecule has 0 N–H and O–H groups in total. The molecule has 33 heavy (non-hydrogen) atoms. The molecule has 8 nitrogen and oxygen atoms in total. The van der Waals surface area contributed by atoms with Crippen molar-refractivity contribution in [3.8, 4) is 11.3 Å². The van der Waals surface area contributed by atoms with Gasteiger partial charge in [0.1, 0.15) is 0 Å². The van der Waals surface area contributed by atoms with Crippen LogP contribution in [0.3, 0.4) is 0 Å². The number of nitrogens with zero attached hydrogens (tertiary/aromatic N) is 5. The number of benzene rings is 1. The van der Waals surface area contributed by atoms with Crippen LogP contribution >= 0.6 is 0 Å². The van der Waals surface area contributed by atoms with E-state index in [0.717, 1.165) is 49.4 Å². The quantitative estimate of drug-likeness (QED) is 0.645. The van der Waals surface area contributed by atoms with Crippen molar-refractivity contribution in [1.29, 1.82) is 0 Å². The summed E-state index contributed by atoms with van der Waals surface area (Å²) in [5, 5.41) is 8.79. The smallest absolute Gasteiger partial charge is 0.242 e. The minimum atomic E-state index is 0.0205. The molecule has 2 amide bonds. The molecule has 1 aliphatic carbocycles. The Bertz CT molecular complexity index is 950. The van der Waals surface area contributed by atoms with Crippen LogP contribution in [0.25, 0.3) is 11.3 Å². The summed E-state index contributed by atoms with van der Waals surface area (Å²) in [6, 6.07) is 14.0. The summed E-state index contributed by atoms with van der Waals surface area (Å²) in [7, 11) is 0. The number of hydrogen-bond donors (Lipinski definition) is 0. The molecule has 1 aromatic heterocycles. The minimum absolute atomic E-state index is 0.0205. The van der Waals surface area contributed by atoms with E-state index in [1.165, 1.54) is 0 Å². The van der Waals surface area contributed by atoms with Crippen LogP contribution in [-0.4, -0.2) is 83.8 Å². The second-order valence-corrected chi connectivity index (χ2v) is 9.14. The molecule has 0 spiro atoms. The summed E-state index contributed by atoms with van der Waals surface area (Å²) in [5.74, 6) is 1.07. The molecule has 1 saturated carbocycles. The molecule has 3 fully saturated rings. The van der Waals surface area contributed by atoms with E-state index in [1.807, 2.05) is 47.4 Å². The third-order valence-electron chi connectivity index (χ3n) is 6.69. The molecule has 2 saturated heterocycles. The normalized spacial score (nSPS) is 20.7. The van der Waals surface area contributed by atoms with Gasteiger partial charge in [-0.2, -0.15) is 0 Å². The predicted molar refractivity (Wildman–Crippen MR) is 125 cm³/mol. The highest BCUT2D eigenvalue weighted by molar-refractivity contribution is 5.87. The fourth-order valence-electron chi connectivity index (χ4n) is 4.56. The van der Waals surface area contributed by atoms with E-state index in [-0.39, 0.29) is 30.4 Å². The SMILES string of the molecule is O=C(CN(C[C@@H]1CCCO1)C(=O)C1CC1)N1CCN(c2ccc(-c3ccccc3)nn2)CC1. The summed E-state index contributed by atoms with van der Waals surface area (Å²) < 4.78 is 5.72. The maximum absolute atomic E-state index is 13.0. The lowest BCUT2D eigenvalue weighted by Gasteiger charge is -2.36. The molecule has 3 aliphatic rings. The van der Waals surface area contributed by atoms with Gasteiger partial charge < -0.3 is 19.4 Å². The number of aromatic nitrogens is 2. The summed E-state index contributed by atoms with van der Waals surface area (Å²) in [6.07, 6.45) is 3.94. The molecular formula is C25H31N5O3. The van der Waals surface area contributed by atoms with Crippen LogP contribution in [0.15, 0.2) is 42.5 Å². The Morgan fingerprint density at radius 2 is 1.76 bits per heavy atom. The van der Waals surface area contributed by atoms with Crippen molar-refractivity contribution >= 4 is 17.6 Å². The number of carbonyl (C=O) groups excluding carboxylic acids is 2. The van der Waals surface area contributed by atoms with Gasteiger partial charge in [-0.25, -0.2) is 0 Å². The third-order valence-corrected chi connectivity index (χ3v) is 6.69. The molecule has 2 aliphatic heterocycles. The Labute approximate surface area is 194 Å². The minimum Gasteiger partial charge on any atom is -0.376 e. The lowest BCUT2D eigenvalue weighted by molar-refractivity contribution is -0.142. The molecule has 174 valence electrons. The van der Waals surface area contributed by atoms with E-state index in [1.54, 1.807) is 4.90 Å². The van der Waals surface area contributed by atoms with E-state index < -0.39 is 0 Å². The molecule has 1 aromatic carbocycles. The average Bonchev–Trinajstić information content (AvgIpc) is 3.60. The van der Waals surface area contributed by atoms with E-state index >= 15 is 0 Å². The van der Waals surface area contributed by atoms with Crippen LogP contribution in [0.4, 0.5) is 5.82 Å². The summed E-state index contributed by atoms with van der Waals surface area (Å²) >= 11 is 0. The first-order valence-electron chi connectivity index (χ1n) is 12.0. The number of hydrogen-bond acceptors (Lipinski definition) is 6. The molecule has 1 atom stereocenters. The molecule has 0 radical (unpaired) electrons. The second-order valence-electron chi connectivity index (χ2n) is 9.14. The molecule has 5 rings (SSSR count). The van der Waals surface area contributed by atoms with Crippen molar-refractivity contribution in [3.63, 3.8) is 0 Å². The van der Waals surface area contributed by atoms with Gasteiger partial charge in [0.2, 0.25) is 11.8 Å². The predicted octanol–water partition coefficient (Wildman–Crippen LogP) is 2.21. The van der Waals surface area contributed by atoms with Gasteiger partial charge in [-0.05, 0) is 37.8 Å². The number of anilines is 1. The Hall–Kier alpha value is -3.00.